The minimum Gasteiger partial charge on any atom is -0.394 e. The number of halogens is 1. The van der Waals surface area contributed by atoms with E-state index < -0.39 is 0 Å². The van der Waals surface area contributed by atoms with E-state index >= 15 is 0 Å². The molecule has 1 aromatic rings. The van der Waals surface area contributed by atoms with Crippen LogP contribution in [0.3, 0.4) is 0 Å². The largest absolute Gasteiger partial charge is 0.394 e. The van der Waals surface area contributed by atoms with Crippen molar-refractivity contribution in [2.75, 3.05) is 11.9 Å². The van der Waals surface area contributed by atoms with Gasteiger partial charge in [0.25, 0.3) is 0 Å². The quantitative estimate of drug-likeness (QED) is 0.893. The predicted octanol–water partition coefficient (Wildman–Crippen LogP) is 2.75. The van der Waals surface area contributed by atoms with E-state index in [0.29, 0.717) is 11.5 Å². The van der Waals surface area contributed by atoms with Crippen LogP contribution in [0.25, 0.3) is 0 Å². The van der Waals surface area contributed by atoms with Gasteiger partial charge in [0.1, 0.15) is 6.07 Å². The summed E-state index contributed by atoms with van der Waals surface area (Å²) in [5.41, 5.74) is 1.34. The van der Waals surface area contributed by atoms with Gasteiger partial charge < -0.3 is 10.4 Å². The van der Waals surface area contributed by atoms with E-state index in [2.05, 4.69) is 27.3 Å². The zero-order valence-corrected chi connectivity index (χ0v) is 11.0. The lowest BCUT2D eigenvalue weighted by Gasteiger charge is -2.21. The van der Waals surface area contributed by atoms with E-state index in [1.54, 1.807) is 6.07 Å². The molecule has 0 aromatic heterocycles. The first kappa shape index (κ1) is 13.0. The van der Waals surface area contributed by atoms with Crippen LogP contribution in [0, 0.1) is 17.2 Å². The van der Waals surface area contributed by atoms with Crippen molar-refractivity contribution in [3.8, 4) is 6.07 Å². The van der Waals surface area contributed by atoms with Gasteiger partial charge in [-0.15, -0.1) is 0 Å². The Bertz CT molecular complexity index is 398. The summed E-state index contributed by atoms with van der Waals surface area (Å²) in [6.45, 7) is 4.11. The molecule has 1 atom stereocenters. The van der Waals surface area contributed by atoms with Crippen LogP contribution < -0.4 is 5.32 Å². The molecular weight excluding hydrogens is 268 g/mol. The summed E-state index contributed by atoms with van der Waals surface area (Å²) in [5.74, 6) is 0.306. The monoisotopic (exact) mass is 282 g/mol. The molecule has 0 bridgehead atoms. The molecule has 0 spiro atoms. The van der Waals surface area contributed by atoms with E-state index in [9.17, 15) is 5.11 Å². The fourth-order valence-corrected chi connectivity index (χ4v) is 1.72. The zero-order valence-electron chi connectivity index (χ0n) is 9.37. The normalized spacial score (nSPS) is 12.2. The highest BCUT2D eigenvalue weighted by Gasteiger charge is 2.13. The number of aliphatic hydroxyl groups excluding tert-OH is 1. The van der Waals surface area contributed by atoms with Crippen LogP contribution in [0.15, 0.2) is 22.7 Å². The Hall–Kier alpha value is -1.05. The number of nitrogens with zero attached hydrogens (tertiary/aromatic N) is 1. The van der Waals surface area contributed by atoms with Crippen molar-refractivity contribution in [3.05, 3.63) is 28.2 Å². The molecule has 1 aromatic carbocycles. The van der Waals surface area contributed by atoms with Crippen molar-refractivity contribution in [3.63, 3.8) is 0 Å². The highest BCUT2D eigenvalue weighted by molar-refractivity contribution is 9.10. The van der Waals surface area contributed by atoms with Gasteiger partial charge in [-0.25, -0.2) is 0 Å². The third-order valence-corrected chi connectivity index (χ3v) is 2.94. The number of hydrogen-bond acceptors (Lipinski definition) is 3. The second-order valence-corrected chi connectivity index (χ2v) is 4.89. The molecule has 0 aliphatic rings. The maximum Gasteiger partial charge on any atom is 0.101 e. The molecule has 4 heteroatoms. The van der Waals surface area contributed by atoms with Crippen molar-refractivity contribution in [2.24, 2.45) is 5.92 Å². The van der Waals surface area contributed by atoms with Gasteiger partial charge >= 0.3 is 0 Å². The van der Waals surface area contributed by atoms with Crippen LogP contribution in [0.4, 0.5) is 5.69 Å². The van der Waals surface area contributed by atoms with Crippen molar-refractivity contribution in [1.82, 2.24) is 0 Å². The van der Waals surface area contributed by atoms with E-state index in [0.717, 1.165) is 10.2 Å². The predicted molar refractivity (Wildman–Crippen MR) is 68.2 cm³/mol. The third-order valence-electron chi connectivity index (χ3n) is 2.44. The summed E-state index contributed by atoms with van der Waals surface area (Å²) < 4.78 is 0.875. The molecule has 0 unspecified atom stereocenters. The smallest absolute Gasteiger partial charge is 0.101 e. The fourth-order valence-electron chi connectivity index (χ4n) is 1.36. The number of aliphatic hydroxyl groups is 1. The molecule has 0 heterocycles. The summed E-state index contributed by atoms with van der Waals surface area (Å²) in [6.07, 6.45) is 0. The van der Waals surface area contributed by atoms with Crippen LogP contribution in [0.1, 0.15) is 19.4 Å². The molecule has 0 amide bonds. The average Bonchev–Trinajstić information content (AvgIpc) is 2.26. The molecule has 86 valence electrons. The number of nitriles is 1. The number of rotatable bonds is 4. The Morgan fingerprint density at radius 3 is 2.69 bits per heavy atom. The van der Waals surface area contributed by atoms with Crippen molar-refractivity contribution in [1.29, 1.82) is 5.26 Å². The van der Waals surface area contributed by atoms with Gasteiger partial charge in [0.2, 0.25) is 0 Å². The van der Waals surface area contributed by atoms with Gasteiger partial charge in [0, 0.05) is 4.47 Å². The highest BCUT2D eigenvalue weighted by Crippen LogP contribution is 2.22. The SMILES string of the molecule is CC(C)[C@@H](CO)Nc1ccc(Br)cc1C#N. The Kier molecular flexibility index (Phi) is 4.78. The number of hydrogen-bond donors (Lipinski definition) is 2. The van der Waals surface area contributed by atoms with Gasteiger partial charge in [-0.3, -0.25) is 0 Å². The highest BCUT2D eigenvalue weighted by atomic mass is 79.9. The van der Waals surface area contributed by atoms with Gasteiger partial charge in [-0.05, 0) is 24.1 Å². The lowest BCUT2D eigenvalue weighted by Crippen LogP contribution is -2.29. The Balaban J connectivity index is 2.92. The van der Waals surface area contributed by atoms with Crippen LogP contribution in [0.5, 0.6) is 0 Å². The average molecular weight is 283 g/mol. The minimum atomic E-state index is -0.0340. The molecule has 2 N–H and O–H groups in total. The van der Waals surface area contributed by atoms with Crippen LogP contribution >= 0.6 is 15.9 Å². The molecule has 16 heavy (non-hydrogen) atoms. The summed E-state index contributed by atoms with van der Waals surface area (Å²) in [6, 6.07) is 7.57. The standard InChI is InChI=1S/C12H15BrN2O/c1-8(2)12(7-16)15-11-4-3-10(13)5-9(11)6-14/h3-5,8,12,15-16H,7H2,1-2H3/t12-/m1/s1. The second-order valence-electron chi connectivity index (χ2n) is 3.98. The molecule has 0 aliphatic carbocycles. The lowest BCUT2D eigenvalue weighted by molar-refractivity contribution is 0.249. The maximum absolute atomic E-state index is 9.22. The first-order chi connectivity index (χ1) is 7.58. The van der Waals surface area contributed by atoms with E-state index in [4.69, 9.17) is 5.26 Å². The minimum absolute atomic E-state index is 0.0340. The van der Waals surface area contributed by atoms with Crippen molar-refractivity contribution >= 4 is 21.6 Å². The summed E-state index contributed by atoms with van der Waals surface area (Å²) in [7, 11) is 0. The van der Waals surface area contributed by atoms with Crippen LogP contribution in [-0.2, 0) is 0 Å². The van der Waals surface area contributed by atoms with Crippen LogP contribution in [0.2, 0.25) is 0 Å². The maximum atomic E-state index is 9.22. The summed E-state index contributed by atoms with van der Waals surface area (Å²) in [5, 5.41) is 21.4. The molecule has 0 saturated carbocycles. The number of anilines is 1. The Labute approximate surface area is 104 Å². The lowest BCUT2D eigenvalue weighted by atomic mass is 10.0. The number of nitrogens with one attached hydrogen (secondary N) is 1. The van der Waals surface area contributed by atoms with E-state index in [1.807, 2.05) is 26.0 Å². The fraction of sp³-hybridized carbons (Fsp3) is 0.417. The molecule has 0 aliphatic heterocycles. The molecule has 0 fully saturated rings. The third kappa shape index (κ3) is 3.22. The molecule has 1 rings (SSSR count). The first-order valence-corrected chi connectivity index (χ1v) is 5.94. The summed E-state index contributed by atoms with van der Waals surface area (Å²) in [4.78, 5) is 0. The molecule has 3 nitrogen and oxygen atoms in total. The Morgan fingerprint density at radius 1 is 1.50 bits per heavy atom. The molecule has 0 radical (unpaired) electrons. The number of benzene rings is 1. The van der Waals surface area contributed by atoms with Crippen LogP contribution in [-0.4, -0.2) is 17.8 Å². The zero-order chi connectivity index (χ0) is 12.1. The Morgan fingerprint density at radius 2 is 2.19 bits per heavy atom. The van der Waals surface area contributed by atoms with Gasteiger partial charge in [-0.1, -0.05) is 29.8 Å². The van der Waals surface area contributed by atoms with Gasteiger partial charge in [-0.2, -0.15) is 5.26 Å². The molecular formula is C12H15BrN2O. The van der Waals surface area contributed by atoms with Crippen molar-refractivity contribution < 1.29 is 5.11 Å². The second kappa shape index (κ2) is 5.88. The first-order valence-electron chi connectivity index (χ1n) is 5.15. The van der Waals surface area contributed by atoms with E-state index in [-0.39, 0.29) is 12.6 Å². The molecule has 0 saturated heterocycles. The summed E-state index contributed by atoms with van der Waals surface area (Å²) >= 11 is 3.32. The van der Waals surface area contributed by atoms with Gasteiger partial charge in [0.05, 0.1) is 23.9 Å². The topological polar surface area (TPSA) is 56.0 Å². The van der Waals surface area contributed by atoms with Gasteiger partial charge in [0.15, 0.2) is 0 Å². The van der Waals surface area contributed by atoms with Crippen molar-refractivity contribution in [2.45, 2.75) is 19.9 Å². The van der Waals surface area contributed by atoms with E-state index in [1.165, 1.54) is 0 Å².